The largest absolute Gasteiger partial charge is 0.496 e. The first-order chi connectivity index (χ1) is 12.7. The lowest BCUT2D eigenvalue weighted by molar-refractivity contribution is -0.127. The number of hydrogen-bond acceptors (Lipinski definition) is 4. The SMILES string of the molecule is COc1ccccc1/C=N/NC(=O)C(C)Oc1ccc2ccccc2c1. The van der Waals surface area contributed by atoms with Crippen molar-refractivity contribution in [1.29, 1.82) is 0 Å². The first-order valence-corrected chi connectivity index (χ1v) is 8.29. The zero-order valence-corrected chi connectivity index (χ0v) is 14.7. The Kier molecular flexibility index (Phi) is 5.49. The molecule has 3 rings (SSSR count). The molecule has 0 bridgehead atoms. The number of carbonyl (C=O) groups excluding carboxylic acids is 1. The second-order valence-corrected chi connectivity index (χ2v) is 5.75. The maximum absolute atomic E-state index is 12.2. The molecular formula is C21H20N2O3. The second kappa shape index (κ2) is 8.16. The van der Waals surface area contributed by atoms with Gasteiger partial charge in [-0.15, -0.1) is 0 Å². The molecule has 3 aromatic carbocycles. The highest BCUT2D eigenvalue weighted by Crippen LogP contribution is 2.21. The van der Waals surface area contributed by atoms with E-state index in [-0.39, 0.29) is 5.91 Å². The summed E-state index contributed by atoms with van der Waals surface area (Å²) in [5.41, 5.74) is 3.27. The fourth-order valence-electron chi connectivity index (χ4n) is 2.53. The lowest BCUT2D eigenvalue weighted by Crippen LogP contribution is -2.33. The highest BCUT2D eigenvalue weighted by Gasteiger charge is 2.14. The van der Waals surface area contributed by atoms with Gasteiger partial charge in [-0.3, -0.25) is 4.79 Å². The smallest absolute Gasteiger partial charge is 0.280 e. The van der Waals surface area contributed by atoms with E-state index in [4.69, 9.17) is 9.47 Å². The third kappa shape index (κ3) is 4.19. The first-order valence-electron chi connectivity index (χ1n) is 8.29. The van der Waals surface area contributed by atoms with Crippen LogP contribution in [-0.2, 0) is 4.79 Å². The summed E-state index contributed by atoms with van der Waals surface area (Å²) in [5.74, 6) is 0.996. The average molecular weight is 348 g/mol. The molecule has 3 aromatic rings. The summed E-state index contributed by atoms with van der Waals surface area (Å²) in [7, 11) is 1.59. The molecule has 1 atom stereocenters. The molecule has 5 heteroatoms. The molecule has 0 aliphatic heterocycles. The van der Waals surface area contributed by atoms with Gasteiger partial charge in [0, 0.05) is 5.56 Å². The molecule has 0 saturated carbocycles. The van der Waals surface area contributed by atoms with E-state index in [9.17, 15) is 4.79 Å². The van der Waals surface area contributed by atoms with Crippen LogP contribution in [0.1, 0.15) is 12.5 Å². The van der Waals surface area contributed by atoms with Crippen LogP contribution in [0.15, 0.2) is 71.8 Å². The van der Waals surface area contributed by atoms with Crippen molar-refractivity contribution in [3.63, 3.8) is 0 Å². The molecule has 1 unspecified atom stereocenters. The Morgan fingerprint density at radius 1 is 1.04 bits per heavy atom. The highest BCUT2D eigenvalue weighted by molar-refractivity contribution is 5.87. The van der Waals surface area contributed by atoms with E-state index in [2.05, 4.69) is 10.5 Å². The van der Waals surface area contributed by atoms with Crippen molar-refractivity contribution in [3.05, 3.63) is 72.3 Å². The van der Waals surface area contributed by atoms with Gasteiger partial charge in [0.15, 0.2) is 6.10 Å². The van der Waals surface area contributed by atoms with Crippen LogP contribution in [0.3, 0.4) is 0 Å². The molecule has 0 heterocycles. The average Bonchev–Trinajstić information content (AvgIpc) is 2.68. The minimum absolute atomic E-state index is 0.329. The summed E-state index contributed by atoms with van der Waals surface area (Å²) in [5, 5.41) is 6.16. The summed E-state index contributed by atoms with van der Waals surface area (Å²) < 4.78 is 11.0. The Morgan fingerprint density at radius 2 is 1.77 bits per heavy atom. The Bertz CT molecular complexity index is 937. The number of nitrogens with one attached hydrogen (secondary N) is 1. The van der Waals surface area contributed by atoms with E-state index >= 15 is 0 Å². The number of benzene rings is 3. The predicted octanol–water partition coefficient (Wildman–Crippen LogP) is 3.77. The maximum Gasteiger partial charge on any atom is 0.280 e. The summed E-state index contributed by atoms with van der Waals surface area (Å²) in [6.07, 6.45) is 0.866. The van der Waals surface area contributed by atoms with Crippen molar-refractivity contribution in [2.75, 3.05) is 7.11 Å². The minimum atomic E-state index is -0.675. The minimum Gasteiger partial charge on any atom is -0.496 e. The summed E-state index contributed by atoms with van der Waals surface area (Å²) in [6.45, 7) is 1.68. The fourth-order valence-corrected chi connectivity index (χ4v) is 2.53. The molecule has 132 valence electrons. The number of hydrazone groups is 1. The van der Waals surface area contributed by atoms with E-state index in [1.807, 2.05) is 66.7 Å². The number of fused-ring (bicyclic) bond motifs is 1. The second-order valence-electron chi connectivity index (χ2n) is 5.75. The zero-order chi connectivity index (χ0) is 18.4. The quantitative estimate of drug-likeness (QED) is 0.545. The van der Waals surface area contributed by atoms with E-state index in [1.54, 1.807) is 20.2 Å². The molecule has 0 aliphatic carbocycles. The summed E-state index contributed by atoms with van der Waals surface area (Å²) in [6, 6.07) is 21.1. The monoisotopic (exact) mass is 348 g/mol. The van der Waals surface area contributed by atoms with Crippen LogP contribution in [0.5, 0.6) is 11.5 Å². The Hall–Kier alpha value is -3.34. The molecule has 0 fully saturated rings. The van der Waals surface area contributed by atoms with Crippen molar-refractivity contribution < 1.29 is 14.3 Å². The number of para-hydroxylation sites is 1. The Morgan fingerprint density at radius 3 is 2.58 bits per heavy atom. The van der Waals surface area contributed by atoms with Crippen LogP contribution < -0.4 is 14.9 Å². The van der Waals surface area contributed by atoms with Crippen molar-refractivity contribution in [2.24, 2.45) is 5.10 Å². The van der Waals surface area contributed by atoms with Gasteiger partial charge >= 0.3 is 0 Å². The number of hydrogen-bond donors (Lipinski definition) is 1. The molecule has 0 radical (unpaired) electrons. The molecule has 0 spiro atoms. The van der Waals surface area contributed by atoms with Gasteiger partial charge in [0.25, 0.3) is 5.91 Å². The van der Waals surface area contributed by atoms with Crippen LogP contribution in [0, 0.1) is 0 Å². The van der Waals surface area contributed by atoms with E-state index < -0.39 is 6.10 Å². The third-order valence-electron chi connectivity index (χ3n) is 3.92. The van der Waals surface area contributed by atoms with E-state index in [1.165, 1.54) is 0 Å². The Labute approximate surface area is 152 Å². The standard InChI is InChI=1S/C21H20N2O3/c1-15(26-19-12-11-16-7-3-4-8-17(16)13-19)21(24)23-22-14-18-9-5-6-10-20(18)25-2/h3-15H,1-2H3,(H,23,24)/b22-14+. The molecule has 0 aromatic heterocycles. The van der Waals surface area contributed by atoms with Crippen LogP contribution >= 0.6 is 0 Å². The number of rotatable bonds is 6. The van der Waals surface area contributed by atoms with Crippen molar-refractivity contribution >= 4 is 22.9 Å². The van der Waals surface area contributed by atoms with Crippen LogP contribution in [0.25, 0.3) is 10.8 Å². The summed E-state index contributed by atoms with van der Waals surface area (Å²) >= 11 is 0. The number of methoxy groups -OCH3 is 1. The molecule has 5 nitrogen and oxygen atoms in total. The van der Waals surface area contributed by atoms with Crippen molar-refractivity contribution in [3.8, 4) is 11.5 Å². The third-order valence-corrected chi connectivity index (χ3v) is 3.92. The number of ether oxygens (including phenoxy) is 2. The van der Waals surface area contributed by atoms with Gasteiger partial charge in [-0.1, -0.05) is 42.5 Å². The fraction of sp³-hybridized carbons (Fsp3) is 0.143. The van der Waals surface area contributed by atoms with E-state index in [0.717, 1.165) is 16.3 Å². The van der Waals surface area contributed by atoms with E-state index in [0.29, 0.717) is 11.5 Å². The van der Waals surface area contributed by atoms with Gasteiger partial charge in [-0.25, -0.2) is 5.43 Å². The van der Waals surface area contributed by atoms with Gasteiger partial charge in [0.2, 0.25) is 0 Å². The predicted molar refractivity (Wildman–Crippen MR) is 103 cm³/mol. The molecule has 0 aliphatic rings. The zero-order valence-electron chi connectivity index (χ0n) is 14.7. The highest BCUT2D eigenvalue weighted by atomic mass is 16.5. The van der Waals surface area contributed by atoms with Gasteiger partial charge < -0.3 is 9.47 Å². The van der Waals surface area contributed by atoms with Gasteiger partial charge in [0.05, 0.1) is 13.3 Å². The first kappa shape index (κ1) is 17.5. The topological polar surface area (TPSA) is 59.9 Å². The Balaban J connectivity index is 1.61. The van der Waals surface area contributed by atoms with Gasteiger partial charge in [0.1, 0.15) is 11.5 Å². The van der Waals surface area contributed by atoms with Gasteiger partial charge in [-0.05, 0) is 42.0 Å². The molecule has 26 heavy (non-hydrogen) atoms. The molecular weight excluding hydrogens is 328 g/mol. The van der Waals surface area contributed by atoms with Crippen LogP contribution in [0.2, 0.25) is 0 Å². The van der Waals surface area contributed by atoms with Crippen molar-refractivity contribution in [1.82, 2.24) is 5.43 Å². The molecule has 0 saturated heterocycles. The summed E-state index contributed by atoms with van der Waals surface area (Å²) in [4.78, 5) is 12.2. The van der Waals surface area contributed by atoms with Crippen molar-refractivity contribution in [2.45, 2.75) is 13.0 Å². The molecule has 1 N–H and O–H groups in total. The normalized spacial score (nSPS) is 12.1. The van der Waals surface area contributed by atoms with Gasteiger partial charge in [-0.2, -0.15) is 5.10 Å². The number of amides is 1. The van der Waals surface area contributed by atoms with Crippen LogP contribution in [0.4, 0.5) is 0 Å². The number of carbonyl (C=O) groups is 1. The molecule has 1 amide bonds. The lowest BCUT2D eigenvalue weighted by atomic mass is 10.1. The lowest BCUT2D eigenvalue weighted by Gasteiger charge is -2.13. The number of nitrogens with zero attached hydrogens (tertiary/aromatic N) is 1. The van der Waals surface area contributed by atoms with Crippen LogP contribution in [-0.4, -0.2) is 25.3 Å². The maximum atomic E-state index is 12.2.